The van der Waals surface area contributed by atoms with Gasteiger partial charge in [0.1, 0.15) is 11.6 Å². The molecule has 2 amide bonds. The lowest BCUT2D eigenvalue weighted by molar-refractivity contribution is -0.126. The molecule has 0 spiro atoms. The summed E-state index contributed by atoms with van der Waals surface area (Å²) in [6, 6.07) is 13.2. The zero-order valence-electron chi connectivity index (χ0n) is 16.9. The van der Waals surface area contributed by atoms with Gasteiger partial charge in [-0.15, -0.1) is 0 Å². The number of nitrogens with one attached hydrogen (secondary N) is 1. The molecule has 3 rings (SSSR count). The number of ether oxygens (including phenoxy) is 1. The van der Waals surface area contributed by atoms with Crippen molar-refractivity contribution in [1.82, 2.24) is 10.2 Å². The van der Waals surface area contributed by atoms with Crippen molar-refractivity contribution in [3.8, 4) is 5.75 Å². The first-order valence-electron chi connectivity index (χ1n) is 10.0. The van der Waals surface area contributed by atoms with Gasteiger partial charge in [-0.3, -0.25) is 9.59 Å². The van der Waals surface area contributed by atoms with E-state index in [1.807, 2.05) is 38.1 Å². The number of rotatable bonds is 6. The normalized spacial score (nSPS) is 16.6. The van der Waals surface area contributed by atoms with E-state index < -0.39 is 0 Å². The maximum atomic E-state index is 13.1. The number of carbonyl (C=O) groups excluding carboxylic acids is 2. The van der Waals surface area contributed by atoms with Gasteiger partial charge in [-0.05, 0) is 68.7 Å². The molecule has 154 valence electrons. The van der Waals surface area contributed by atoms with Crippen LogP contribution in [-0.4, -0.2) is 35.9 Å². The SMILES string of the molecule is CC(C)Oc1ccc(CNC(=O)C2CCCN(C(=O)c3ccc(F)cc3)C2)cc1. The standard InChI is InChI=1S/C23H27FN2O3/c1-16(2)29-21-11-5-17(6-12-21)14-25-22(27)19-4-3-13-26(15-19)23(28)18-7-9-20(24)10-8-18/h5-12,16,19H,3-4,13-15H2,1-2H3,(H,25,27). The highest BCUT2D eigenvalue weighted by Gasteiger charge is 2.28. The third kappa shape index (κ3) is 5.79. The molecule has 1 unspecified atom stereocenters. The number of hydrogen-bond acceptors (Lipinski definition) is 3. The summed E-state index contributed by atoms with van der Waals surface area (Å²) >= 11 is 0. The second-order valence-electron chi connectivity index (χ2n) is 7.63. The summed E-state index contributed by atoms with van der Waals surface area (Å²) in [5.41, 5.74) is 1.43. The molecular weight excluding hydrogens is 371 g/mol. The largest absolute Gasteiger partial charge is 0.491 e. The monoisotopic (exact) mass is 398 g/mol. The first kappa shape index (κ1) is 20.8. The van der Waals surface area contributed by atoms with Gasteiger partial charge < -0.3 is 15.0 Å². The van der Waals surface area contributed by atoms with E-state index in [-0.39, 0.29) is 29.7 Å². The van der Waals surface area contributed by atoms with Gasteiger partial charge in [-0.2, -0.15) is 0 Å². The Hall–Kier alpha value is -2.89. The molecule has 1 N–H and O–H groups in total. The van der Waals surface area contributed by atoms with Crippen LogP contribution < -0.4 is 10.1 Å². The number of piperidine rings is 1. The Balaban J connectivity index is 1.52. The molecule has 2 aromatic rings. The fraction of sp³-hybridized carbons (Fsp3) is 0.391. The van der Waals surface area contributed by atoms with Gasteiger partial charge >= 0.3 is 0 Å². The van der Waals surface area contributed by atoms with Gasteiger partial charge in [0.05, 0.1) is 12.0 Å². The van der Waals surface area contributed by atoms with Crippen LogP contribution >= 0.6 is 0 Å². The van der Waals surface area contributed by atoms with Crippen LogP contribution in [0, 0.1) is 11.7 Å². The van der Waals surface area contributed by atoms with Gasteiger partial charge in [-0.25, -0.2) is 4.39 Å². The molecule has 1 atom stereocenters. The van der Waals surface area contributed by atoms with Crippen molar-refractivity contribution in [2.24, 2.45) is 5.92 Å². The minimum atomic E-state index is -0.374. The van der Waals surface area contributed by atoms with Crippen molar-refractivity contribution < 1.29 is 18.7 Å². The molecule has 0 radical (unpaired) electrons. The quantitative estimate of drug-likeness (QED) is 0.806. The fourth-order valence-electron chi connectivity index (χ4n) is 3.44. The third-order valence-electron chi connectivity index (χ3n) is 4.93. The molecule has 0 bridgehead atoms. The number of nitrogens with zero attached hydrogens (tertiary/aromatic N) is 1. The number of amides is 2. The van der Waals surface area contributed by atoms with Gasteiger partial charge in [-0.1, -0.05) is 12.1 Å². The zero-order chi connectivity index (χ0) is 20.8. The van der Waals surface area contributed by atoms with E-state index in [4.69, 9.17) is 4.74 Å². The lowest BCUT2D eigenvalue weighted by Gasteiger charge is -2.32. The highest BCUT2D eigenvalue weighted by molar-refractivity contribution is 5.94. The molecule has 1 saturated heterocycles. The summed E-state index contributed by atoms with van der Waals surface area (Å²) in [4.78, 5) is 26.9. The lowest BCUT2D eigenvalue weighted by atomic mass is 9.96. The van der Waals surface area contributed by atoms with E-state index in [0.717, 1.165) is 24.2 Å². The highest BCUT2D eigenvalue weighted by Crippen LogP contribution is 2.20. The van der Waals surface area contributed by atoms with Crippen molar-refractivity contribution in [2.45, 2.75) is 39.3 Å². The topological polar surface area (TPSA) is 58.6 Å². The fourth-order valence-corrected chi connectivity index (χ4v) is 3.44. The van der Waals surface area contributed by atoms with E-state index >= 15 is 0 Å². The smallest absolute Gasteiger partial charge is 0.253 e. The summed E-state index contributed by atoms with van der Waals surface area (Å²) < 4.78 is 18.7. The molecular formula is C23H27FN2O3. The van der Waals surface area contributed by atoms with E-state index in [1.165, 1.54) is 24.3 Å². The van der Waals surface area contributed by atoms with Crippen LogP contribution in [-0.2, 0) is 11.3 Å². The van der Waals surface area contributed by atoms with Crippen LogP contribution in [0.5, 0.6) is 5.75 Å². The maximum Gasteiger partial charge on any atom is 0.253 e. The van der Waals surface area contributed by atoms with E-state index in [0.29, 0.717) is 25.2 Å². The van der Waals surface area contributed by atoms with E-state index in [1.54, 1.807) is 4.90 Å². The Bertz CT molecular complexity index is 834. The highest BCUT2D eigenvalue weighted by atomic mass is 19.1. The number of halogens is 1. The summed E-state index contributed by atoms with van der Waals surface area (Å²) in [5, 5.41) is 2.97. The van der Waals surface area contributed by atoms with Gasteiger partial charge in [0.25, 0.3) is 5.91 Å². The Labute approximate surface area is 170 Å². The third-order valence-corrected chi connectivity index (χ3v) is 4.93. The second kappa shape index (κ2) is 9.54. The predicted octanol–water partition coefficient (Wildman–Crippen LogP) is 3.78. The maximum absolute atomic E-state index is 13.1. The molecule has 0 saturated carbocycles. The second-order valence-corrected chi connectivity index (χ2v) is 7.63. The van der Waals surface area contributed by atoms with E-state index in [9.17, 15) is 14.0 Å². The molecule has 1 aliphatic heterocycles. The molecule has 29 heavy (non-hydrogen) atoms. The molecule has 6 heteroatoms. The van der Waals surface area contributed by atoms with Crippen LogP contribution in [0.25, 0.3) is 0 Å². The van der Waals surface area contributed by atoms with Crippen LogP contribution in [0.1, 0.15) is 42.6 Å². The molecule has 0 aromatic heterocycles. The number of carbonyl (C=O) groups is 2. The first-order chi connectivity index (χ1) is 13.9. The average Bonchev–Trinajstić information content (AvgIpc) is 2.73. The summed E-state index contributed by atoms with van der Waals surface area (Å²) in [6.45, 7) is 5.37. The Morgan fingerprint density at radius 3 is 2.48 bits per heavy atom. The van der Waals surface area contributed by atoms with Crippen LogP contribution in [0.4, 0.5) is 4.39 Å². The van der Waals surface area contributed by atoms with Crippen molar-refractivity contribution in [2.75, 3.05) is 13.1 Å². The van der Waals surface area contributed by atoms with Crippen LogP contribution in [0.15, 0.2) is 48.5 Å². The van der Waals surface area contributed by atoms with Gasteiger partial charge in [0.15, 0.2) is 0 Å². The molecule has 0 aliphatic carbocycles. The van der Waals surface area contributed by atoms with Crippen molar-refractivity contribution >= 4 is 11.8 Å². The minimum Gasteiger partial charge on any atom is -0.491 e. The Morgan fingerprint density at radius 1 is 1.14 bits per heavy atom. The molecule has 5 nitrogen and oxygen atoms in total. The summed E-state index contributed by atoms with van der Waals surface area (Å²) in [5.74, 6) is -0.0254. The Kier molecular flexibility index (Phi) is 6.86. The summed E-state index contributed by atoms with van der Waals surface area (Å²) in [7, 11) is 0. The lowest BCUT2D eigenvalue weighted by Crippen LogP contribution is -2.45. The molecule has 1 heterocycles. The zero-order valence-corrected chi connectivity index (χ0v) is 16.9. The summed E-state index contributed by atoms with van der Waals surface area (Å²) in [6.07, 6.45) is 1.64. The van der Waals surface area contributed by atoms with Gasteiger partial charge in [0, 0.05) is 25.2 Å². The van der Waals surface area contributed by atoms with Crippen LogP contribution in [0.3, 0.4) is 0 Å². The van der Waals surface area contributed by atoms with Gasteiger partial charge in [0.2, 0.25) is 5.91 Å². The Morgan fingerprint density at radius 2 is 1.83 bits per heavy atom. The number of likely N-dealkylation sites (tertiary alicyclic amines) is 1. The van der Waals surface area contributed by atoms with Crippen LogP contribution in [0.2, 0.25) is 0 Å². The van der Waals surface area contributed by atoms with E-state index in [2.05, 4.69) is 5.32 Å². The first-order valence-corrected chi connectivity index (χ1v) is 10.0. The van der Waals surface area contributed by atoms with Crippen molar-refractivity contribution in [1.29, 1.82) is 0 Å². The molecule has 1 aliphatic rings. The molecule has 2 aromatic carbocycles. The van der Waals surface area contributed by atoms with Crippen molar-refractivity contribution in [3.05, 3.63) is 65.5 Å². The molecule has 1 fully saturated rings. The average molecular weight is 398 g/mol. The number of benzene rings is 2. The predicted molar refractivity (Wildman–Crippen MR) is 109 cm³/mol. The number of hydrogen-bond donors (Lipinski definition) is 1. The van der Waals surface area contributed by atoms with Crippen molar-refractivity contribution in [3.63, 3.8) is 0 Å². The minimum absolute atomic E-state index is 0.0517.